The van der Waals surface area contributed by atoms with Crippen LogP contribution in [0.4, 0.5) is 11.4 Å². The van der Waals surface area contributed by atoms with Gasteiger partial charge in [-0.3, -0.25) is 9.69 Å². The Kier molecular flexibility index (Phi) is 1.57. The normalized spacial score (nSPS) is 15.8. The van der Waals surface area contributed by atoms with Gasteiger partial charge < -0.3 is 0 Å². The predicted molar refractivity (Wildman–Crippen MR) is 66.5 cm³/mol. The van der Waals surface area contributed by atoms with Crippen LogP contribution >= 0.6 is 0 Å². The maximum Gasteiger partial charge on any atom is 0.236 e. The Morgan fingerprint density at radius 3 is 2.41 bits per heavy atom. The lowest BCUT2D eigenvalue weighted by Gasteiger charge is -2.28. The van der Waals surface area contributed by atoms with Crippen LogP contribution in [0.25, 0.3) is 0 Å². The van der Waals surface area contributed by atoms with Crippen molar-refractivity contribution in [1.29, 1.82) is 0 Å². The molecule has 0 saturated heterocycles. The summed E-state index contributed by atoms with van der Waals surface area (Å²) >= 11 is 0. The second kappa shape index (κ2) is 2.98. The maximum atomic E-state index is 12.1. The molecule has 2 aliphatic heterocycles. The third-order valence-electron chi connectivity index (χ3n) is 3.63. The Hall–Kier alpha value is -2.09. The van der Waals surface area contributed by atoms with Crippen LogP contribution in [0.5, 0.6) is 0 Å². The van der Waals surface area contributed by atoms with Gasteiger partial charge in [0.1, 0.15) is 0 Å². The zero-order valence-electron chi connectivity index (χ0n) is 9.31. The highest BCUT2D eigenvalue weighted by atomic mass is 16.2. The van der Waals surface area contributed by atoms with Crippen molar-refractivity contribution in [1.82, 2.24) is 0 Å². The van der Waals surface area contributed by atoms with Gasteiger partial charge in [0.2, 0.25) is 5.91 Å². The summed E-state index contributed by atoms with van der Waals surface area (Å²) in [6, 6.07) is 14.4. The largest absolute Gasteiger partial charge is 0.280 e. The molecular formula is C15H11NO. The number of amides is 1. The van der Waals surface area contributed by atoms with Crippen molar-refractivity contribution < 1.29 is 4.79 Å². The first kappa shape index (κ1) is 8.99. The smallest absolute Gasteiger partial charge is 0.236 e. The van der Waals surface area contributed by atoms with E-state index in [4.69, 9.17) is 0 Å². The molecule has 2 aromatic rings. The summed E-state index contributed by atoms with van der Waals surface area (Å²) < 4.78 is 0. The minimum atomic E-state index is 0.194. The highest BCUT2D eigenvalue weighted by Gasteiger charge is 2.34. The second-order valence-electron chi connectivity index (χ2n) is 4.64. The Morgan fingerprint density at radius 2 is 1.53 bits per heavy atom. The molecule has 0 radical (unpaired) electrons. The number of hydrogen-bond donors (Lipinski definition) is 0. The van der Waals surface area contributed by atoms with Crippen LogP contribution in [0.15, 0.2) is 42.5 Å². The fraction of sp³-hybridized carbons (Fsp3) is 0.133. The lowest BCUT2D eigenvalue weighted by atomic mass is 9.95. The second-order valence-corrected chi connectivity index (χ2v) is 4.64. The van der Waals surface area contributed by atoms with Crippen molar-refractivity contribution in [3.63, 3.8) is 0 Å². The maximum absolute atomic E-state index is 12.1. The molecule has 2 aliphatic rings. The van der Waals surface area contributed by atoms with Crippen LogP contribution < -0.4 is 4.90 Å². The van der Waals surface area contributed by atoms with E-state index in [2.05, 4.69) is 24.3 Å². The lowest BCUT2D eigenvalue weighted by molar-refractivity contribution is -0.116. The zero-order chi connectivity index (χ0) is 11.4. The van der Waals surface area contributed by atoms with E-state index in [0.29, 0.717) is 6.42 Å². The molecule has 82 valence electrons. The number of fused-ring (bicyclic) bond motifs is 2. The standard InChI is InChI=1S/C15H11NO/c17-14-9-12-6-3-5-11-8-10-4-1-2-7-13(10)16(14)15(11)12/h1-7H,8-9H2. The summed E-state index contributed by atoms with van der Waals surface area (Å²) in [5.74, 6) is 0.194. The lowest BCUT2D eigenvalue weighted by Crippen LogP contribution is -2.25. The van der Waals surface area contributed by atoms with Gasteiger partial charge in [0.25, 0.3) is 0 Å². The van der Waals surface area contributed by atoms with E-state index >= 15 is 0 Å². The third-order valence-corrected chi connectivity index (χ3v) is 3.63. The number of anilines is 2. The first-order valence-corrected chi connectivity index (χ1v) is 5.86. The summed E-state index contributed by atoms with van der Waals surface area (Å²) in [7, 11) is 0. The molecule has 1 amide bonds. The van der Waals surface area contributed by atoms with E-state index in [-0.39, 0.29) is 5.91 Å². The van der Waals surface area contributed by atoms with Crippen molar-refractivity contribution in [2.24, 2.45) is 0 Å². The summed E-state index contributed by atoms with van der Waals surface area (Å²) in [6.45, 7) is 0. The SMILES string of the molecule is O=C1Cc2cccc3c2N1c1ccccc1C3. The van der Waals surface area contributed by atoms with E-state index < -0.39 is 0 Å². The number of benzene rings is 2. The van der Waals surface area contributed by atoms with Crippen molar-refractivity contribution >= 4 is 17.3 Å². The molecule has 0 atom stereocenters. The van der Waals surface area contributed by atoms with E-state index in [1.165, 1.54) is 16.7 Å². The highest BCUT2D eigenvalue weighted by Crippen LogP contribution is 2.44. The quantitative estimate of drug-likeness (QED) is 0.670. The Balaban J connectivity index is 2.05. The van der Waals surface area contributed by atoms with Crippen LogP contribution in [-0.4, -0.2) is 5.91 Å². The first-order valence-electron chi connectivity index (χ1n) is 5.86. The monoisotopic (exact) mass is 221 g/mol. The van der Waals surface area contributed by atoms with Gasteiger partial charge in [-0.1, -0.05) is 36.4 Å². The summed E-state index contributed by atoms with van der Waals surface area (Å²) in [5.41, 5.74) is 5.88. The van der Waals surface area contributed by atoms with Crippen LogP contribution in [0.1, 0.15) is 16.7 Å². The molecule has 2 heteroatoms. The zero-order valence-corrected chi connectivity index (χ0v) is 9.31. The molecule has 2 aromatic carbocycles. The number of hydrogen-bond acceptors (Lipinski definition) is 1. The molecule has 0 aliphatic carbocycles. The molecule has 0 bridgehead atoms. The van der Waals surface area contributed by atoms with Gasteiger partial charge in [-0.05, 0) is 22.8 Å². The number of rotatable bonds is 0. The fourth-order valence-electron chi connectivity index (χ4n) is 2.92. The van der Waals surface area contributed by atoms with Gasteiger partial charge in [-0.25, -0.2) is 0 Å². The van der Waals surface area contributed by atoms with Crippen molar-refractivity contribution in [2.75, 3.05) is 4.90 Å². The van der Waals surface area contributed by atoms with Gasteiger partial charge in [-0.2, -0.15) is 0 Å². The molecule has 0 aromatic heterocycles. The molecule has 17 heavy (non-hydrogen) atoms. The minimum absolute atomic E-state index is 0.194. The van der Waals surface area contributed by atoms with Gasteiger partial charge in [-0.15, -0.1) is 0 Å². The molecule has 4 rings (SSSR count). The summed E-state index contributed by atoms with van der Waals surface area (Å²) in [6.07, 6.45) is 1.47. The van der Waals surface area contributed by atoms with Gasteiger partial charge in [0.15, 0.2) is 0 Å². The first-order chi connectivity index (χ1) is 8.34. The third kappa shape index (κ3) is 1.07. The van der Waals surface area contributed by atoms with Gasteiger partial charge in [0, 0.05) is 6.42 Å². The van der Waals surface area contributed by atoms with E-state index in [1.54, 1.807) is 0 Å². The average Bonchev–Trinajstić information content (AvgIpc) is 2.69. The van der Waals surface area contributed by atoms with E-state index in [1.807, 2.05) is 23.1 Å². The van der Waals surface area contributed by atoms with Crippen LogP contribution in [0.3, 0.4) is 0 Å². The van der Waals surface area contributed by atoms with Gasteiger partial charge >= 0.3 is 0 Å². The summed E-state index contributed by atoms with van der Waals surface area (Å²) in [5, 5.41) is 0. The molecule has 0 N–H and O–H groups in total. The Morgan fingerprint density at radius 1 is 0.824 bits per heavy atom. The molecule has 0 spiro atoms. The Bertz CT molecular complexity index is 645. The fourth-order valence-corrected chi connectivity index (χ4v) is 2.92. The van der Waals surface area contributed by atoms with Crippen molar-refractivity contribution in [3.8, 4) is 0 Å². The molecule has 0 saturated carbocycles. The van der Waals surface area contributed by atoms with E-state index in [0.717, 1.165) is 17.8 Å². The van der Waals surface area contributed by atoms with Gasteiger partial charge in [0.05, 0.1) is 17.8 Å². The molecule has 2 heterocycles. The number of para-hydroxylation sites is 2. The minimum Gasteiger partial charge on any atom is -0.280 e. The molecular weight excluding hydrogens is 210 g/mol. The topological polar surface area (TPSA) is 20.3 Å². The van der Waals surface area contributed by atoms with E-state index in [9.17, 15) is 4.79 Å². The molecule has 2 nitrogen and oxygen atoms in total. The van der Waals surface area contributed by atoms with Crippen molar-refractivity contribution in [3.05, 3.63) is 59.2 Å². The van der Waals surface area contributed by atoms with Crippen LogP contribution in [0.2, 0.25) is 0 Å². The van der Waals surface area contributed by atoms with Crippen LogP contribution in [0, 0.1) is 0 Å². The molecule has 0 unspecified atom stereocenters. The highest BCUT2D eigenvalue weighted by molar-refractivity contribution is 6.09. The molecule has 0 fully saturated rings. The van der Waals surface area contributed by atoms with Crippen molar-refractivity contribution in [2.45, 2.75) is 12.8 Å². The number of carbonyl (C=O) groups is 1. The Labute approximate surface area is 99.5 Å². The summed E-state index contributed by atoms with van der Waals surface area (Å²) in [4.78, 5) is 14.0. The number of nitrogens with zero attached hydrogens (tertiary/aromatic N) is 1. The predicted octanol–water partition coefficient (Wildman–Crippen LogP) is 2.81. The average molecular weight is 221 g/mol. The number of carbonyl (C=O) groups excluding carboxylic acids is 1. The van der Waals surface area contributed by atoms with Crippen LogP contribution in [-0.2, 0) is 17.6 Å².